The van der Waals surface area contributed by atoms with E-state index in [0.717, 1.165) is 29.9 Å². The number of carbonyl (C=O) groups is 1. The predicted octanol–water partition coefficient (Wildman–Crippen LogP) is 2.32. The summed E-state index contributed by atoms with van der Waals surface area (Å²) in [7, 11) is 0. The average Bonchev–Trinajstić information content (AvgIpc) is 2.85. The summed E-state index contributed by atoms with van der Waals surface area (Å²) in [5.74, 6) is 1.89. The molecule has 0 radical (unpaired) electrons. The zero-order valence-electron chi connectivity index (χ0n) is 14.1. The number of furan rings is 1. The Morgan fingerprint density at radius 2 is 2.22 bits per heavy atom. The number of nitrogens with one attached hydrogen (secondary N) is 2. The van der Waals surface area contributed by atoms with Crippen LogP contribution in [0.25, 0.3) is 0 Å². The fourth-order valence-electron chi connectivity index (χ4n) is 3.38. The fraction of sp³-hybridized carbons (Fsp3) is 0.706. The Morgan fingerprint density at radius 1 is 1.39 bits per heavy atom. The molecule has 1 aromatic rings. The predicted molar refractivity (Wildman–Crippen MR) is 85.4 cm³/mol. The molecular formula is C17H26N2O4. The van der Waals surface area contributed by atoms with Gasteiger partial charge in [0.05, 0.1) is 32.0 Å². The van der Waals surface area contributed by atoms with Crippen LogP contribution in [0.4, 0.5) is 4.79 Å². The van der Waals surface area contributed by atoms with Gasteiger partial charge in [-0.05, 0) is 24.8 Å². The van der Waals surface area contributed by atoms with Crippen LogP contribution >= 0.6 is 0 Å². The minimum Gasteiger partial charge on any atom is -0.466 e. The number of hydrogen-bond donors (Lipinski definition) is 2. The Kier molecular flexibility index (Phi) is 4.64. The van der Waals surface area contributed by atoms with E-state index < -0.39 is 0 Å². The standard InChI is InChI=1S/C17H26N2O4/c1-11-6-13-14(7-17(2,3)8-15(13)23-11)19-16(20)18-9-12-10-21-4-5-22-12/h6,12,14H,4-5,7-10H2,1-3H3,(H2,18,19,20). The first-order valence-electron chi connectivity index (χ1n) is 8.26. The lowest BCUT2D eigenvalue weighted by Crippen LogP contribution is -2.46. The molecule has 128 valence electrons. The van der Waals surface area contributed by atoms with Crippen molar-refractivity contribution in [3.63, 3.8) is 0 Å². The first-order chi connectivity index (χ1) is 10.9. The second-order valence-corrected chi connectivity index (χ2v) is 7.26. The molecular weight excluding hydrogens is 296 g/mol. The van der Waals surface area contributed by atoms with Gasteiger partial charge in [0.1, 0.15) is 11.5 Å². The van der Waals surface area contributed by atoms with Gasteiger partial charge in [-0.2, -0.15) is 0 Å². The molecule has 2 N–H and O–H groups in total. The van der Waals surface area contributed by atoms with E-state index in [1.165, 1.54) is 0 Å². The molecule has 6 heteroatoms. The van der Waals surface area contributed by atoms with Gasteiger partial charge in [0, 0.05) is 18.5 Å². The molecule has 1 fully saturated rings. The third kappa shape index (κ3) is 4.06. The highest BCUT2D eigenvalue weighted by atomic mass is 16.6. The van der Waals surface area contributed by atoms with Crippen molar-refractivity contribution >= 4 is 6.03 Å². The largest absolute Gasteiger partial charge is 0.466 e. The average molecular weight is 322 g/mol. The van der Waals surface area contributed by atoms with Gasteiger partial charge in [0.25, 0.3) is 0 Å². The lowest BCUT2D eigenvalue weighted by Gasteiger charge is -2.34. The van der Waals surface area contributed by atoms with E-state index in [-0.39, 0.29) is 23.6 Å². The summed E-state index contributed by atoms with van der Waals surface area (Å²) in [4.78, 5) is 12.2. The van der Waals surface area contributed by atoms with E-state index in [1.54, 1.807) is 0 Å². The summed E-state index contributed by atoms with van der Waals surface area (Å²) in [6, 6.07) is 1.84. The van der Waals surface area contributed by atoms with Gasteiger partial charge in [-0.3, -0.25) is 0 Å². The number of hydrogen-bond acceptors (Lipinski definition) is 4. The molecule has 0 aromatic carbocycles. The Hall–Kier alpha value is -1.53. The Morgan fingerprint density at radius 3 is 2.96 bits per heavy atom. The maximum absolute atomic E-state index is 12.2. The van der Waals surface area contributed by atoms with Gasteiger partial charge in [-0.25, -0.2) is 4.79 Å². The highest BCUT2D eigenvalue weighted by Gasteiger charge is 2.35. The molecule has 1 aliphatic heterocycles. The van der Waals surface area contributed by atoms with Gasteiger partial charge in [0.15, 0.2) is 0 Å². The van der Waals surface area contributed by atoms with E-state index in [4.69, 9.17) is 13.9 Å². The van der Waals surface area contributed by atoms with Crippen LogP contribution in [0.3, 0.4) is 0 Å². The highest BCUT2D eigenvalue weighted by Crippen LogP contribution is 2.41. The Labute approximate surface area is 136 Å². The highest BCUT2D eigenvalue weighted by molar-refractivity contribution is 5.74. The molecule has 2 aliphatic rings. The molecule has 2 atom stereocenters. The fourth-order valence-corrected chi connectivity index (χ4v) is 3.38. The van der Waals surface area contributed by atoms with E-state index >= 15 is 0 Å². The van der Waals surface area contributed by atoms with Gasteiger partial charge in [-0.15, -0.1) is 0 Å². The second kappa shape index (κ2) is 6.53. The summed E-state index contributed by atoms with van der Waals surface area (Å²) in [5, 5.41) is 5.96. The van der Waals surface area contributed by atoms with Crippen molar-refractivity contribution < 1.29 is 18.7 Å². The third-order valence-corrected chi connectivity index (χ3v) is 4.42. The summed E-state index contributed by atoms with van der Waals surface area (Å²) in [6.45, 7) is 8.55. The maximum atomic E-state index is 12.2. The number of aryl methyl sites for hydroxylation is 1. The SMILES string of the molecule is Cc1cc2c(o1)CC(C)(C)CC2NC(=O)NCC1COCCO1. The van der Waals surface area contributed by atoms with Gasteiger partial charge < -0.3 is 24.5 Å². The zero-order valence-corrected chi connectivity index (χ0v) is 14.1. The molecule has 0 bridgehead atoms. The number of amides is 2. The molecule has 6 nitrogen and oxygen atoms in total. The van der Waals surface area contributed by atoms with Crippen LogP contribution in [0.1, 0.15) is 43.4 Å². The third-order valence-electron chi connectivity index (χ3n) is 4.42. The zero-order chi connectivity index (χ0) is 16.4. The quantitative estimate of drug-likeness (QED) is 0.896. The van der Waals surface area contributed by atoms with Crippen LogP contribution in [0.5, 0.6) is 0 Å². The smallest absolute Gasteiger partial charge is 0.315 e. The number of urea groups is 1. The van der Waals surface area contributed by atoms with Crippen LogP contribution in [-0.4, -0.2) is 38.5 Å². The van der Waals surface area contributed by atoms with Gasteiger partial charge in [0.2, 0.25) is 0 Å². The number of ether oxygens (including phenoxy) is 2. The molecule has 2 unspecified atom stereocenters. The summed E-state index contributed by atoms with van der Waals surface area (Å²) < 4.78 is 16.7. The van der Waals surface area contributed by atoms with Crippen LogP contribution in [-0.2, 0) is 15.9 Å². The van der Waals surface area contributed by atoms with E-state index in [0.29, 0.717) is 26.4 Å². The van der Waals surface area contributed by atoms with Crippen molar-refractivity contribution in [3.05, 3.63) is 23.2 Å². The Bertz CT molecular complexity index is 561. The first-order valence-corrected chi connectivity index (χ1v) is 8.26. The van der Waals surface area contributed by atoms with Crippen LogP contribution < -0.4 is 10.6 Å². The van der Waals surface area contributed by atoms with E-state index in [2.05, 4.69) is 24.5 Å². The molecule has 3 rings (SSSR count). The Balaban J connectivity index is 1.59. The van der Waals surface area contributed by atoms with E-state index in [1.807, 2.05) is 13.0 Å². The first kappa shape index (κ1) is 16.3. The maximum Gasteiger partial charge on any atom is 0.315 e. The molecule has 1 aliphatic carbocycles. The molecule has 1 saturated heterocycles. The minimum absolute atomic E-state index is 0.0188. The lowest BCUT2D eigenvalue weighted by molar-refractivity contribution is -0.0854. The molecule has 2 amide bonds. The van der Waals surface area contributed by atoms with Crippen molar-refractivity contribution in [1.29, 1.82) is 0 Å². The molecule has 2 heterocycles. The molecule has 1 aromatic heterocycles. The summed E-state index contributed by atoms with van der Waals surface area (Å²) >= 11 is 0. The minimum atomic E-state index is -0.174. The summed E-state index contributed by atoms with van der Waals surface area (Å²) in [5.41, 5.74) is 1.21. The van der Waals surface area contributed by atoms with Gasteiger partial charge in [-0.1, -0.05) is 13.8 Å². The number of carbonyl (C=O) groups excluding carboxylic acids is 1. The van der Waals surface area contributed by atoms with Crippen molar-refractivity contribution in [2.45, 2.75) is 45.8 Å². The molecule has 0 saturated carbocycles. The van der Waals surface area contributed by atoms with Crippen molar-refractivity contribution in [2.24, 2.45) is 5.41 Å². The topological polar surface area (TPSA) is 72.7 Å². The van der Waals surface area contributed by atoms with Gasteiger partial charge >= 0.3 is 6.03 Å². The monoisotopic (exact) mass is 322 g/mol. The molecule has 0 spiro atoms. The van der Waals surface area contributed by atoms with Crippen molar-refractivity contribution in [2.75, 3.05) is 26.4 Å². The van der Waals surface area contributed by atoms with Crippen LogP contribution in [0.15, 0.2) is 10.5 Å². The van der Waals surface area contributed by atoms with Crippen LogP contribution in [0, 0.1) is 12.3 Å². The van der Waals surface area contributed by atoms with E-state index in [9.17, 15) is 4.79 Å². The molecule has 23 heavy (non-hydrogen) atoms. The van der Waals surface area contributed by atoms with Crippen LogP contribution in [0.2, 0.25) is 0 Å². The number of rotatable bonds is 3. The van der Waals surface area contributed by atoms with Crippen molar-refractivity contribution in [1.82, 2.24) is 10.6 Å². The van der Waals surface area contributed by atoms with Crippen molar-refractivity contribution in [3.8, 4) is 0 Å². The number of fused-ring (bicyclic) bond motifs is 1. The second-order valence-electron chi connectivity index (χ2n) is 7.26. The normalized spacial score (nSPS) is 26.4. The summed E-state index contributed by atoms with van der Waals surface area (Å²) in [6.07, 6.45) is 1.74. The lowest BCUT2D eigenvalue weighted by atomic mass is 9.75.